The van der Waals surface area contributed by atoms with Crippen molar-refractivity contribution in [2.75, 3.05) is 24.4 Å². The number of esters is 1. The summed E-state index contributed by atoms with van der Waals surface area (Å²) < 4.78 is 9.75. The molecule has 10 atom stereocenters. The van der Waals surface area contributed by atoms with Crippen LogP contribution in [0.1, 0.15) is 141 Å². The molecule has 3 heterocycles. The zero-order valence-corrected chi connectivity index (χ0v) is 42.0. The number of benzene rings is 3. The maximum atomic E-state index is 14.2. The molecule has 69 heavy (non-hydrogen) atoms. The highest BCUT2D eigenvalue weighted by molar-refractivity contribution is 5.99. The first kappa shape index (κ1) is 49.7. The average molecular weight is 944 g/mol. The standard InChI is InChI=1S/C56H73N5O8/c1-32(2)44(31-48(63)68-8)53(65)61-43-23-17-38(30-43)51(61)52(64)57-40-20-14-36(15-21-40)46-27-26-45(59(46)41-24-18-39(19-25-41)56(5,6)7)35-12-10-34(11-13-35)28-47(62)50-37-16-22-42(29-37)60(50)54(66)49(33(3)4)58-55(67)69-9/h10-15,18-21,24-25,32-33,37-38,42-46,49-51H,16-17,22-23,26-31H2,1-9H3,(H,57,64)(H,58,67)/t37?,38?,42?,43?,44-,45-,46-,49-,50-,51-/m0/s1. The first-order chi connectivity index (χ1) is 32.9. The summed E-state index contributed by atoms with van der Waals surface area (Å²) in [6, 6.07) is 23.6. The van der Waals surface area contributed by atoms with Gasteiger partial charge in [0.05, 0.1) is 44.7 Å². The summed E-state index contributed by atoms with van der Waals surface area (Å²) in [6.45, 7) is 14.3. The van der Waals surface area contributed by atoms with Gasteiger partial charge in [-0.25, -0.2) is 4.79 Å². The van der Waals surface area contributed by atoms with Crippen molar-refractivity contribution in [3.8, 4) is 0 Å². The van der Waals surface area contributed by atoms with Crippen LogP contribution in [0.4, 0.5) is 16.2 Å². The molecular formula is C56H73N5O8. The zero-order chi connectivity index (χ0) is 49.5. The monoisotopic (exact) mass is 944 g/mol. The molecule has 13 heteroatoms. The van der Waals surface area contributed by atoms with E-state index in [9.17, 15) is 28.8 Å². The summed E-state index contributed by atoms with van der Waals surface area (Å²) in [7, 11) is 2.61. The number of Topliss-reactive ketones (excluding diaryl/α,β-unsaturated/α-hetero) is 1. The summed E-state index contributed by atoms with van der Waals surface area (Å²) in [5.74, 6) is -1.56. The van der Waals surface area contributed by atoms with Crippen molar-refractivity contribution in [1.82, 2.24) is 15.1 Å². The van der Waals surface area contributed by atoms with Crippen LogP contribution in [-0.2, 0) is 45.3 Å². The number of nitrogens with zero attached hydrogens (tertiary/aromatic N) is 3. The fourth-order valence-corrected chi connectivity index (χ4v) is 12.4. The summed E-state index contributed by atoms with van der Waals surface area (Å²) in [5.41, 5.74) is 6.21. The number of carbonyl (C=O) groups excluding carboxylic acids is 6. The molecule has 4 amide bonds. The molecule has 4 unspecified atom stereocenters. The van der Waals surface area contributed by atoms with Crippen LogP contribution in [0, 0.1) is 29.6 Å². The Hall–Kier alpha value is -5.72. The van der Waals surface area contributed by atoms with E-state index in [1.165, 1.54) is 19.8 Å². The molecule has 0 spiro atoms. The van der Waals surface area contributed by atoms with Gasteiger partial charge in [0.15, 0.2) is 5.78 Å². The molecule has 3 aromatic carbocycles. The third kappa shape index (κ3) is 10.2. The Morgan fingerprint density at radius 3 is 1.72 bits per heavy atom. The highest BCUT2D eigenvalue weighted by atomic mass is 16.5. The van der Waals surface area contributed by atoms with Crippen molar-refractivity contribution in [3.63, 3.8) is 0 Å². The number of alkyl carbamates (subject to hydrolysis) is 1. The molecule has 2 aliphatic carbocycles. The lowest BCUT2D eigenvalue weighted by Gasteiger charge is -2.37. The second kappa shape index (κ2) is 20.3. The minimum atomic E-state index is -0.778. The molecule has 3 saturated heterocycles. The first-order valence-corrected chi connectivity index (χ1v) is 25.3. The van der Waals surface area contributed by atoms with Crippen LogP contribution in [0.2, 0.25) is 0 Å². The van der Waals surface area contributed by atoms with E-state index in [1.54, 1.807) is 9.80 Å². The summed E-state index contributed by atoms with van der Waals surface area (Å²) >= 11 is 0. The fourth-order valence-electron chi connectivity index (χ4n) is 12.4. The normalized spacial score (nSPS) is 25.8. The van der Waals surface area contributed by atoms with Crippen molar-refractivity contribution in [2.45, 2.75) is 160 Å². The van der Waals surface area contributed by atoms with Gasteiger partial charge in [-0.1, -0.05) is 97.0 Å². The predicted octanol–water partition coefficient (Wildman–Crippen LogP) is 9.09. The molecule has 4 bridgehead atoms. The van der Waals surface area contributed by atoms with E-state index in [-0.39, 0.29) is 89.6 Å². The molecule has 5 aliphatic rings. The Morgan fingerprint density at radius 1 is 0.652 bits per heavy atom. The van der Waals surface area contributed by atoms with Gasteiger partial charge in [0.1, 0.15) is 12.1 Å². The lowest BCUT2D eigenvalue weighted by atomic mass is 9.87. The number of ether oxygens (including phenoxy) is 2. The number of piperidine rings is 2. The molecule has 0 radical (unpaired) electrons. The van der Waals surface area contributed by atoms with Crippen LogP contribution in [0.15, 0.2) is 72.8 Å². The van der Waals surface area contributed by atoms with Gasteiger partial charge in [-0.3, -0.25) is 24.0 Å². The summed E-state index contributed by atoms with van der Waals surface area (Å²) in [6.07, 6.45) is 6.48. The molecule has 2 N–H and O–H groups in total. The Balaban J connectivity index is 0.987. The van der Waals surface area contributed by atoms with Crippen LogP contribution in [0.3, 0.4) is 0 Å². The van der Waals surface area contributed by atoms with Crippen LogP contribution < -0.4 is 15.5 Å². The van der Waals surface area contributed by atoms with Gasteiger partial charge in [0.2, 0.25) is 17.7 Å². The van der Waals surface area contributed by atoms with Gasteiger partial charge in [0.25, 0.3) is 0 Å². The predicted molar refractivity (Wildman–Crippen MR) is 265 cm³/mol. The van der Waals surface area contributed by atoms with E-state index in [2.05, 4.69) is 97.0 Å². The second-order valence-electron chi connectivity index (χ2n) is 22.1. The lowest BCUT2D eigenvalue weighted by molar-refractivity contribution is -0.151. The minimum Gasteiger partial charge on any atom is -0.469 e. The number of methoxy groups -OCH3 is 2. The van der Waals surface area contributed by atoms with E-state index in [4.69, 9.17) is 9.47 Å². The number of ketones is 1. The molecule has 8 rings (SSSR count). The number of nitrogens with one attached hydrogen (secondary N) is 2. The number of likely N-dealkylation sites (tertiary alicyclic amines) is 2. The van der Waals surface area contributed by atoms with E-state index >= 15 is 0 Å². The largest absolute Gasteiger partial charge is 0.469 e. The molecule has 3 aromatic rings. The number of hydrogen-bond donors (Lipinski definition) is 2. The Bertz CT molecular complexity index is 2240. The zero-order valence-electron chi connectivity index (χ0n) is 42.0. The SMILES string of the molecule is COC(=O)C[C@H](C(=O)N1C2CCC(C2)[C@H]1C(=O)Nc1ccc([C@@H]2CC[C@@H](c3ccc(CC(=O)[C@@H]4C5CCC(C5)N4C(=O)[C@@H](NC(=O)OC)C(C)C)cc3)N2c2ccc(C(C)(C)C)cc2)cc1)C(C)C. The van der Waals surface area contributed by atoms with Crippen molar-refractivity contribution < 1.29 is 38.2 Å². The van der Waals surface area contributed by atoms with E-state index in [0.717, 1.165) is 73.7 Å². The van der Waals surface area contributed by atoms with Crippen LogP contribution in [0.5, 0.6) is 0 Å². The smallest absolute Gasteiger partial charge is 0.407 e. The first-order valence-electron chi connectivity index (χ1n) is 25.3. The second-order valence-corrected chi connectivity index (χ2v) is 22.1. The van der Waals surface area contributed by atoms with E-state index in [0.29, 0.717) is 5.69 Å². The van der Waals surface area contributed by atoms with Gasteiger partial charge in [-0.05, 0) is 127 Å². The molecule has 3 aliphatic heterocycles. The molecule has 5 fully saturated rings. The van der Waals surface area contributed by atoms with Crippen molar-refractivity contribution in [1.29, 1.82) is 0 Å². The van der Waals surface area contributed by atoms with Crippen molar-refractivity contribution >= 4 is 46.9 Å². The Labute approximate surface area is 408 Å². The maximum Gasteiger partial charge on any atom is 0.407 e. The summed E-state index contributed by atoms with van der Waals surface area (Å²) in [4.78, 5) is 87.0. The number of anilines is 2. The number of fused-ring (bicyclic) bond motifs is 4. The quantitative estimate of drug-likeness (QED) is 0.142. The number of rotatable bonds is 15. The van der Waals surface area contributed by atoms with Gasteiger partial charge in [-0.15, -0.1) is 0 Å². The number of amides is 4. The van der Waals surface area contributed by atoms with Gasteiger partial charge in [0, 0.05) is 29.9 Å². The molecule has 2 saturated carbocycles. The lowest BCUT2D eigenvalue weighted by Crippen LogP contribution is -2.57. The topological polar surface area (TPSA) is 155 Å². The van der Waals surface area contributed by atoms with Crippen LogP contribution in [0.25, 0.3) is 0 Å². The van der Waals surface area contributed by atoms with E-state index in [1.807, 2.05) is 39.8 Å². The van der Waals surface area contributed by atoms with Crippen LogP contribution >= 0.6 is 0 Å². The summed E-state index contributed by atoms with van der Waals surface area (Å²) in [5, 5.41) is 5.87. The van der Waals surface area contributed by atoms with Gasteiger partial charge in [-0.2, -0.15) is 0 Å². The minimum absolute atomic E-state index is 0.00410. The third-order valence-corrected chi connectivity index (χ3v) is 16.1. The highest BCUT2D eigenvalue weighted by Crippen LogP contribution is 2.49. The van der Waals surface area contributed by atoms with Crippen LogP contribution in [-0.4, -0.2) is 89.8 Å². The maximum absolute atomic E-state index is 14.2. The third-order valence-electron chi connectivity index (χ3n) is 16.1. The van der Waals surface area contributed by atoms with Gasteiger partial charge >= 0.3 is 12.1 Å². The van der Waals surface area contributed by atoms with Crippen molar-refractivity contribution in [2.24, 2.45) is 29.6 Å². The van der Waals surface area contributed by atoms with E-state index < -0.39 is 36.1 Å². The highest BCUT2D eigenvalue weighted by Gasteiger charge is 2.54. The Morgan fingerprint density at radius 2 is 1.20 bits per heavy atom. The van der Waals surface area contributed by atoms with Crippen molar-refractivity contribution in [3.05, 3.63) is 95.1 Å². The van der Waals surface area contributed by atoms with Gasteiger partial charge < -0.3 is 34.8 Å². The molecule has 13 nitrogen and oxygen atoms in total. The molecular weight excluding hydrogens is 871 g/mol. The Kier molecular flexibility index (Phi) is 14.6. The number of carbonyl (C=O) groups is 6. The molecule has 370 valence electrons. The average Bonchev–Trinajstić information content (AvgIpc) is 4.20. The fraction of sp³-hybridized carbons (Fsp3) is 0.571. The number of hydrogen-bond acceptors (Lipinski definition) is 9. The molecule has 0 aromatic heterocycles.